The molecule has 0 heterocycles. The van der Waals surface area contributed by atoms with E-state index in [0.717, 1.165) is 6.54 Å². The Morgan fingerprint density at radius 3 is 2.23 bits per heavy atom. The smallest absolute Gasteiger partial charge is 0.103 e. The maximum Gasteiger partial charge on any atom is 0.103 e. The van der Waals surface area contributed by atoms with Gasteiger partial charge in [-0.2, -0.15) is 5.10 Å². The first kappa shape index (κ1) is 12.1. The Balaban J connectivity index is 4.12. The van der Waals surface area contributed by atoms with Crippen molar-refractivity contribution < 1.29 is 0 Å². The third kappa shape index (κ3) is 7.50. The molecular formula is C10H21N3. The molecule has 0 aliphatic carbocycles. The van der Waals surface area contributed by atoms with Crippen LogP contribution in [0, 0.1) is 16.7 Å². The van der Waals surface area contributed by atoms with Crippen LogP contribution in [0.5, 0.6) is 0 Å². The molecule has 0 atom stereocenters. The minimum Gasteiger partial charge on any atom is -0.290 e. The van der Waals surface area contributed by atoms with Gasteiger partial charge in [-0.15, -0.1) is 0 Å². The third-order valence-electron chi connectivity index (χ3n) is 1.30. The summed E-state index contributed by atoms with van der Waals surface area (Å²) in [6.07, 6.45) is 3.13. The highest BCUT2D eigenvalue weighted by atomic mass is 15.4. The first-order valence-electron chi connectivity index (χ1n) is 4.66. The highest BCUT2D eigenvalue weighted by molar-refractivity contribution is 5.61. The van der Waals surface area contributed by atoms with E-state index < -0.39 is 0 Å². The van der Waals surface area contributed by atoms with Gasteiger partial charge in [0.2, 0.25) is 0 Å². The van der Waals surface area contributed by atoms with Crippen LogP contribution in [0.1, 0.15) is 34.6 Å². The van der Waals surface area contributed by atoms with Crippen molar-refractivity contribution in [3.8, 4) is 0 Å². The molecule has 1 N–H and O–H groups in total. The van der Waals surface area contributed by atoms with Crippen LogP contribution in [0.4, 0.5) is 0 Å². The predicted octanol–water partition coefficient (Wildman–Crippen LogP) is 2.58. The van der Waals surface area contributed by atoms with Crippen molar-refractivity contribution in [2.24, 2.45) is 16.4 Å². The lowest BCUT2D eigenvalue weighted by atomic mass is 9.97. The van der Waals surface area contributed by atoms with E-state index in [-0.39, 0.29) is 5.41 Å². The van der Waals surface area contributed by atoms with E-state index >= 15 is 0 Å². The quantitative estimate of drug-likeness (QED) is 0.406. The van der Waals surface area contributed by atoms with Gasteiger partial charge >= 0.3 is 0 Å². The zero-order valence-corrected chi connectivity index (χ0v) is 9.33. The fourth-order valence-electron chi connectivity index (χ4n) is 0.825. The molecule has 0 saturated carbocycles. The fourth-order valence-corrected chi connectivity index (χ4v) is 0.825. The summed E-state index contributed by atoms with van der Waals surface area (Å²) in [5.74, 6) is 0.433. The average Bonchev–Trinajstić information content (AvgIpc) is 1.95. The van der Waals surface area contributed by atoms with Crippen LogP contribution in [0.2, 0.25) is 0 Å². The van der Waals surface area contributed by atoms with Crippen molar-refractivity contribution in [3.05, 3.63) is 0 Å². The first-order chi connectivity index (χ1) is 5.85. The second kappa shape index (κ2) is 5.00. The van der Waals surface area contributed by atoms with E-state index in [1.54, 1.807) is 5.01 Å². The summed E-state index contributed by atoms with van der Waals surface area (Å²) < 4.78 is 0. The summed E-state index contributed by atoms with van der Waals surface area (Å²) in [7, 11) is 0. The third-order valence-corrected chi connectivity index (χ3v) is 1.30. The molecule has 76 valence electrons. The molecular weight excluding hydrogens is 162 g/mol. The molecule has 0 aromatic carbocycles. The van der Waals surface area contributed by atoms with E-state index in [9.17, 15) is 0 Å². The van der Waals surface area contributed by atoms with Gasteiger partial charge in [0.25, 0.3) is 0 Å². The van der Waals surface area contributed by atoms with Crippen LogP contribution in [0.25, 0.3) is 0 Å². The molecule has 0 amide bonds. The Kier molecular flexibility index (Phi) is 4.67. The summed E-state index contributed by atoms with van der Waals surface area (Å²) >= 11 is 0. The van der Waals surface area contributed by atoms with Crippen molar-refractivity contribution >= 4 is 12.6 Å². The van der Waals surface area contributed by atoms with E-state index in [1.807, 2.05) is 6.21 Å². The summed E-state index contributed by atoms with van der Waals surface area (Å²) in [6.45, 7) is 11.3. The van der Waals surface area contributed by atoms with Gasteiger partial charge in [0.15, 0.2) is 0 Å². The maximum atomic E-state index is 7.17. The monoisotopic (exact) mass is 183 g/mol. The molecule has 3 nitrogen and oxygen atoms in total. The Bertz CT molecular complexity index is 177. The minimum atomic E-state index is 0.172. The van der Waals surface area contributed by atoms with Crippen molar-refractivity contribution in [2.45, 2.75) is 34.6 Å². The lowest BCUT2D eigenvalue weighted by Crippen LogP contribution is -2.27. The predicted molar refractivity (Wildman–Crippen MR) is 58.3 cm³/mol. The second-order valence-electron chi connectivity index (χ2n) is 4.80. The molecule has 3 heteroatoms. The van der Waals surface area contributed by atoms with Gasteiger partial charge in [-0.1, -0.05) is 34.6 Å². The van der Waals surface area contributed by atoms with E-state index in [1.165, 1.54) is 6.34 Å². The molecule has 0 rings (SSSR count). The van der Waals surface area contributed by atoms with Crippen LogP contribution < -0.4 is 0 Å². The van der Waals surface area contributed by atoms with Crippen LogP contribution in [0.15, 0.2) is 5.10 Å². The molecule has 0 aliphatic heterocycles. The zero-order valence-electron chi connectivity index (χ0n) is 9.33. The topological polar surface area (TPSA) is 39.5 Å². The Hall–Kier alpha value is -0.860. The molecule has 0 unspecified atom stereocenters. The standard InChI is InChI=1S/C10H21N3/c1-9(2)6-12-13(8-11)7-10(3,4)5/h6,8-9,11H,7H2,1-5H3/b11-8?,12-6-. The van der Waals surface area contributed by atoms with Gasteiger partial charge in [-0.25, -0.2) is 0 Å². The maximum absolute atomic E-state index is 7.17. The van der Waals surface area contributed by atoms with Gasteiger partial charge in [0.05, 0.1) is 0 Å². The van der Waals surface area contributed by atoms with E-state index in [4.69, 9.17) is 5.41 Å². The fraction of sp³-hybridized carbons (Fsp3) is 0.800. The van der Waals surface area contributed by atoms with Gasteiger partial charge in [-0.05, 0) is 11.3 Å². The molecule has 0 radical (unpaired) electrons. The molecule has 13 heavy (non-hydrogen) atoms. The number of hydrogen-bond donors (Lipinski definition) is 1. The number of rotatable bonds is 4. The van der Waals surface area contributed by atoms with Gasteiger partial charge in [-0.3, -0.25) is 10.4 Å². The van der Waals surface area contributed by atoms with Gasteiger partial charge in [0.1, 0.15) is 6.34 Å². The molecule has 0 aromatic rings. The normalized spacial score (nSPS) is 12.5. The molecule has 0 bridgehead atoms. The van der Waals surface area contributed by atoms with Crippen molar-refractivity contribution in [1.29, 1.82) is 5.41 Å². The number of hydrazone groups is 1. The molecule has 0 aromatic heterocycles. The number of nitrogens with one attached hydrogen (secondary N) is 1. The minimum absolute atomic E-state index is 0.172. The Morgan fingerprint density at radius 2 is 1.92 bits per heavy atom. The van der Waals surface area contributed by atoms with Crippen LogP contribution in [-0.4, -0.2) is 24.1 Å². The average molecular weight is 183 g/mol. The van der Waals surface area contributed by atoms with Gasteiger partial charge in [0, 0.05) is 12.8 Å². The summed E-state index contributed by atoms with van der Waals surface area (Å²) in [6, 6.07) is 0. The number of hydrogen-bond acceptors (Lipinski definition) is 2. The van der Waals surface area contributed by atoms with Crippen LogP contribution in [-0.2, 0) is 0 Å². The highest BCUT2D eigenvalue weighted by Crippen LogP contribution is 2.14. The summed E-state index contributed by atoms with van der Waals surface area (Å²) in [4.78, 5) is 0. The zero-order chi connectivity index (χ0) is 10.5. The highest BCUT2D eigenvalue weighted by Gasteiger charge is 2.13. The SMILES string of the molecule is CC(C)/C=N\N(C=N)CC(C)(C)C. The van der Waals surface area contributed by atoms with Crippen molar-refractivity contribution in [3.63, 3.8) is 0 Å². The molecule has 0 saturated heterocycles. The van der Waals surface area contributed by atoms with E-state index in [0.29, 0.717) is 5.92 Å². The summed E-state index contributed by atoms with van der Waals surface area (Å²) in [5, 5.41) is 13.0. The molecule has 0 spiro atoms. The molecule has 0 fully saturated rings. The lowest BCUT2D eigenvalue weighted by molar-refractivity contribution is 0.287. The Labute approximate surface area is 81.3 Å². The van der Waals surface area contributed by atoms with Crippen molar-refractivity contribution in [1.82, 2.24) is 5.01 Å². The Morgan fingerprint density at radius 1 is 1.38 bits per heavy atom. The first-order valence-corrected chi connectivity index (χ1v) is 4.66. The number of nitrogens with zero attached hydrogens (tertiary/aromatic N) is 2. The van der Waals surface area contributed by atoms with E-state index in [2.05, 4.69) is 39.7 Å². The van der Waals surface area contributed by atoms with Crippen LogP contribution in [0.3, 0.4) is 0 Å². The van der Waals surface area contributed by atoms with Gasteiger partial charge < -0.3 is 0 Å². The van der Waals surface area contributed by atoms with Crippen molar-refractivity contribution in [2.75, 3.05) is 6.54 Å². The largest absolute Gasteiger partial charge is 0.290 e. The van der Waals surface area contributed by atoms with Crippen LogP contribution >= 0.6 is 0 Å². The molecule has 0 aliphatic rings. The summed E-state index contributed by atoms with van der Waals surface area (Å²) in [5.41, 5.74) is 0.172. The second-order valence-corrected chi connectivity index (χ2v) is 4.80. The lowest BCUT2D eigenvalue weighted by Gasteiger charge is -2.23.